The fourth-order valence-electron chi connectivity index (χ4n) is 3.85. The first-order valence-electron chi connectivity index (χ1n) is 11.2. The first-order chi connectivity index (χ1) is 16.1. The summed E-state index contributed by atoms with van der Waals surface area (Å²) in [7, 11) is -2.41. The van der Waals surface area contributed by atoms with Crippen molar-refractivity contribution in [2.75, 3.05) is 19.0 Å². The molecule has 7 heteroatoms. The Hall–Kier alpha value is -3.16. The number of methoxy groups -OCH3 is 1. The molecule has 1 amide bonds. The molecule has 3 aromatic carbocycles. The maximum absolute atomic E-state index is 13.6. The van der Waals surface area contributed by atoms with Gasteiger partial charge in [-0.2, -0.15) is 4.31 Å². The van der Waals surface area contributed by atoms with E-state index in [9.17, 15) is 13.2 Å². The van der Waals surface area contributed by atoms with Gasteiger partial charge in [-0.25, -0.2) is 8.42 Å². The van der Waals surface area contributed by atoms with Gasteiger partial charge in [0, 0.05) is 12.2 Å². The molecule has 6 nitrogen and oxygen atoms in total. The molecule has 3 rings (SSSR count). The number of hydrogen-bond acceptors (Lipinski definition) is 4. The Morgan fingerprint density at radius 2 is 1.68 bits per heavy atom. The first-order valence-corrected chi connectivity index (χ1v) is 12.7. The van der Waals surface area contributed by atoms with Gasteiger partial charge < -0.3 is 10.1 Å². The molecule has 0 aromatic heterocycles. The predicted molar refractivity (Wildman–Crippen MR) is 136 cm³/mol. The minimum absolute atomic E-state index is 0.0759. The molecule has 0 aliphatic heterocycles. The highest BCUT2D eigenvalue weighted by Gasteiger charge is 2.28. The summed E-state index contributed by atoms with van der Waals surface area (Å²) in [5, 5.41) is 2.96. The first kappa shape index (κ1) is 25.5. The number of carbonyl (C=O) groups excluding carboxylic acids is 1. The van der Waals surface area contributed by atoms with E-state index in [1.54, 1.807) is 26.2 Å². The monoisotopic (exact) mass is 480 g/mol. The average Bonchev–Trinajstić information content (AvgIpc) is 2.80. The number of ether oxygens (including phenoxy) is 1. The highest BCUT2D eigenvalue weighted by Crippen LogP contribution is 2.28. The van der Waals surface area contributed by atoms with Crippen molar-refractivity contribution >= 4 is 21.6 Å². The third kappa shape index (κ3) is 5.85. The summed E-state index contributed by atoms with van der Waals surface area (Å²) < 4.78 is 33.7. The average molecular weight is 481 g/mol. The zero-order valence-electron chi connectivity index (χ0n) is 20.3. The Bertz CT molecular complexity index is 1250. The highest BCUT2D eigenvalue weighted by molar-refractivity contribution is 7.89. The molecular weight excluding hydrogens is 448 g/mol. The lowest BCUT2D eigenvalue weighted by atomic mass is 9.98. The van der Waals surface area contributed by atoms with E-state index in [1.807, 2.05) is 55.5 Å². The number of benzene rings is 3. The third-order valence-corrected chi connectivity index (χ3v) is 7.50. The number of carbonyl (C=O) groups is 1. The molecule has 0 atom stereocenters. The number of para-hydroxylation sites is 1. The van der Waals surface area contributed by atoms with Crippen molar-refractivity contribution in [1.29, 1.82) is 0 Å². The molecule has 180 valence electrons. The fourth-order valence-corrected chi connectivity index (χ4v) is 5.32. The van der Waals surface area contributed by atoms with Gasteiger partial charge in [0.05, 0.1) is 18.6 Å². The molecule has 0 heterocycles. The maximum atomic E-state index is 13.6. The van der Waals surface area contributed by atoms with Crippen LogP contribution in [0.1, 0.15) is 42.0 Å². The lowest BCUT2D eigenvalue weighted by Crippen LogP contribution is -2.37. The summed E-state index contributed by atoms with van der Waals surface area (Å²) in [6, 6.07) is 19.8. The van der Waals surface area contributed by atoms with Crippen LogP contribution < -0.4 is 10.1 Å². The smallest absolute Gasteiger partial charge is 0.243 e. The minimum Gasteiger partial charge on any atom is -0.496 e. The Kier molecular flexibility index (Phi) is 8.12. The third-order valence-electron chi connectivity index (χ3n) is 5.72. The van der Waals surface area contributed by atoms with Gasteiger partial charge in [0.1, 0.15) is 5.75 Å². The lowest BCUT2D eigenvalue weighted by molar-refractivity contribution is -0.116. The van der Waals surface area contributed by atoms with E-state index >= 15 is 0 Å². The summed E-state index contributed by atoms with van der Waals surface area (Å²) >= 11 is 0. The van der Waals surface area contributed by atoms with Gasteiger partial charge >= 0.3 is 0 Å². The Balaban J connectivity index is 1.94. The second kappa shape index (κ2) is 10.8. The van der Waals surface area contributed by atoms with Gasteiger partial charge in [0.2, 0.25) is 15.9 Å². The van der Waals surface area contributed by atoms with E-state index in [4.69, 9.17) is 4.74 Å². The molecule has 34 heavy (non-hydrogen) atoms. The molecule has 0 spiro atoms. The van der Waals surface area contributed by atoms with Gasteiger partial charge in [-0.05, 0) is 60.2 Å². The van der Waals surface area contributed by atoms with Gasteiger partial charge in [-0.3, -0.25) is 4.79 Å². The lowest BCUT2D eigenvalue weighted by Gasteiger charge is -2.23. The van der Waals surface area contributed by atoms with E-state index in [2.05, 4.69) is 19.2 Å². The molecule has 0 saturated heterocycles. The number of amides is 1. The number of rotatable bonds is 9. The second-order valence-corrected chi connectivity index (χ2v) is 10.6. The second-order valence-electron chi connectivity index (χ2n) is 8.63. The van der Waals surface area contributed by atoms with Crippen LogP contribution in [0.2, 0.25) is 0 Å². The number of hydrogen-bond donors (Lipinski definition) is 1. The van der Waals surface area contributed by atoms with Crippen LogP contribution in [0.5, 0.6) is 5.75 Å². The molecule has 0 aliphatic carbocycles. The van der Waals surface area contributed by atoms with Gasteiger partial charge in [0.25, 0.3) is 0 Å². The Morgan fingerprint density at radius 1 is 0.971 bits per heavy atom. The number of anilines is 1. The molecule has 0 fully saturated rings. The van der Waals surface area contributed by atoms with E-state index in [0.717, 1.165) is 22.4 Å². The normalized spacial score (nSPS) is 11.6. The van der Waals surface area contributed by atoms with Crippen LogP contribution in [0.4, 0.5) is 5.69 Å². The van der Waals surface area contributed by atoms with E-state index in [-0.39, 0.29) is 29.8 Å². The zero-order valence-corrected chi connectivity index (χ0v) is 21.1. The number of nitrogens with one attached hydrogen (secondary N) is 1. The van der Waals surface area contributed by atoms with Crippen LogP contribution >= 0.6 is 0 Å². The van der Waals surface area contributed by atoms with Crippen LogP contribution in [0, 0.1) is 13.8 Å². The van der Waals surface area contributed by atoms with Crippen LogP contribution in [0.25, 0.3) is 0 Å². The Morgan fingerprint density at radius 3 is 2.29 bits per heavy atom. The summed E-state index contributed by atoms with van der Waals surface area (Å²) in [5.41, 5.74) is 4.18. The van der Waals surface area contributed by atoms with Crippen LogP contribution in [0.3, 0.4) is 0 Å². The van der Waals surface area contributed by atoms with Crippen molar-refractivity contribution in [2.24, 2.45) is 0 Å². The SMILES string of the molecule is COc1ccc(S(=O)(=O)N(CC(=O)Nc2c(C)cccc2C(C)C)Cc2ccccc2)cc1C. The van der Waals surface area contributed by atoms with Crippen molar-refractivity contribution < 1.29 is 17.9 Å². The molecule has 0 aliphatic rings. The van der Waals surface area contributed by atoms with Crippen LogP contribution in [-0.2, 0) is 21.4 Å². The standard InChI is InChI=1S/C27H32N2O4S/c1-19(2)24-13-9-10-20(3)27(24)28-26(30)18-29(17-22-11-7-6-8-12-22)34(31,32)23-14-15-25(33-5)21(4)16-23/h6-16,19H,17-18H2,1-5H3,(H,28,30). The van der Waals surface area contributed by atoms with Crippen molar-refractivity contribution in [3.63, 3.8) is 0 Å². The van der Waals surface area contributed by atoms with Crippen molar-refractivity contribution in [1.82, 2.24) is 4.31 Å². The maximum Gasteiger partial charge on any atom is 0.243 e. The fraction of sp³-hybridized carbons (Fsp3) is 0.296. The van der Waals surface area contributed by atoms with Crippen molar-refractivity contribution in [2.45, 2.75) is 45.1 Å². The molecule has 0 bridgehead atoms. The minimum atomic E-state index is -3.95. The number of nitrogens with zero attached hydrogens (tertiary/aromatic N) is 1. The van der Waals surface area contributed by atoms with Crippen molar-refractivity contribution in [3.8, 4) is 5.75 Å². The van der Waals surface area contributed by atoms with Crippen LogP contribution in [0.15, 0.2) is 71.6 Å². The molecule has 0 saturated carbocycles. The summed E-state index contributed by atoms with van der Waals surface area (Å²) in [4.78, 5) is 13.3. The predicted octanol–water partition coefficient (Wildman–Crippen LogP) is 5.27. The molecule has 1 N–H and O–H groups in total. The summed E-state index contributed by atoms with van der Waals surface area (Å²) in [5.74, 6) is 0.426. The number of sulfonamides is 1. The largest absolute Gasteiger partial charge is 0.496 e. The van der Waals surface area contributed by atoms with Gasteiger partial charge in [-0.1, -0.05) is 62.4 Å². The van der Waals surface area contributed by atoms with E-state index < -0.39 is 10.0 Å². The Labute approximate surface area is 202 Å². The van der Waals surface area contributed by atoms with E-state index in [1.165, 1.54) is 10.4 Å². The van der Waals surface area contributed by atoms with Crippen LogP contribution in [-0.4, -0.2) is 32.3 Å². The topological polar surface area (TPSA) is 75.7 Å². The molecule has 3 aromatic rings. The quantitative estimate of drug-likeness (QED) is 0.453. The zero-order chi connectivity index (χ0) is 24.9. The summed E-state index contributed by atoms with van der Waals surface area (Å²) in [6.45, 7) is 7.60. The number of aryl methyl sites for hydroxylation is 2. The van der Waals surface area contributed by atoms with Gasteiger partial charge in [0.15, 0.2) is 0 Å². The molecule has 0 unspecified atom stereocenters. The molecule has 0 radical (unpaired) electrons. The summed E-state index contributed by atoms with van der Waals surface area (Å²) in [6.07, 6.45) is 0. The van der Waals surface area contributed by atoms with Crippen molar-refractivity contribution in [3.05, 3.63) is 89.0 Å². The molecular formula is C27H32N2O4S. The highest BCUT2D eigenvalue weighted by atomic mass is 32.2. The van der Waals surface area contributed by atoms with Gasteiger partial charge in [-0.15, -0.1) is 0 Å². The van der Waals surface area contributed by atoms with E-state index in [0.29, 0.717) is 11.3 Å².